The van der Waals surface area contributed by atoms with Crippen LogP contribution < -0.4 is 9.88 Å². The van der Waals surface area contributed by atoms with Crippen molar-refractivity contribution in [3.05, 3.63) is 23.3 Å². The Morgan fingerprint density at radius 1 is 1.10 bits per heavy atom. The number of hydrogen-bond donors (Lipinski definition) is 1. The highest BCUT2D eigenvalue weighted by Crippen LogP contribution is 2.26. The first kappa shape index (κ1) is 17.9. The number of sulfone groups is 1. The van der Waals surface area contributed by atoms with Crippen LogP contribution in [0, 0.1) is 13.8 Å². The summed E-state index contributed by atoms with van der Waals surface area (Å²) in [6, 6.07) is 2.86. The topological polar surface area (TPSA) is 104 Å². The van der Waals surface area contributed by atoms with Gasteiger partial charge in [0, 0.05) is 0 Å². The molecule has 0 saturated heterocycles. The molecule has 8 heteroatoms. The lowest BCUT2D eigenvalue weighted by atomic mass is 10.1. The normalized spacial score (nSPS) is 12.7. The maximum atomic E-state index is 11.7. The molecule has 0 aromatic heterocycles. The van der Waals surface area contributed by atoms with Crippen molar-refractivity contribution < 1.29 is 21.6 Å². The minimum atomic E-state index is -3.78. The Morgan fingerprint density at radius 3 is 2.14 bits per heavy atom. The second kappa shape index (κ2) is 6.33. The Hall–Kier alpha value is -1.12. The number of rotatable bonds is 6. The van der Waals surface area contributed by atoms with E-state index in [0.717, 1.165) is 0 Å². The molecule has 0 radical (unpaired) electrons. The van der Waals surface area contributed by atoms with Crippen LogP contribution in [0.25, 0.3) is 0 Å². The molecule has 0 unspecified atom stereocenters. The van der Waals surface area contributed by atoms with Crippen LogP contribution >= 0.6 is 0 Å². The molecule has 0 aliphatic carbocycles. The average Bonchev–Trinajstić information content (AvgIpc) is 2.32. The molecule has 0 amide bonds. The van der Waals surface area contributed by atoms with Crippen molar-refractivity contribution in [3.63, 3.8) is 0 Å². The zero-order valence-electron chi connectivity index (χ0n) is 12.6. The van der Waals surface area contributed by atoms with Crippen molar-refractivity contribution in [2.75, 3.05) is 12.4 Å². The Kier molecular flexibility index (Phi) is 5.40. The van der Waals surface area contributed by atoms with Crippen LogP contribution in [0.4, 0.5) is 0 Å². The maximum Gasteiger partial charge on any atom is 0.238 e. The Bertz CT molecular complexity index is 721. The van der Waals surface area contributed by atoms with E-state index in [1.807, 2.05) is 0 Å². The fourth-order valence-corrected chi connectivity index (χ4v) is 3.36. The molecular weight excluding hydrogens is 314 g/mol. The molecule has 0 atom stereocenters. The summed E-state index contributed by atoms with van der Waals surface area (Å²) < 4.78 is 51.6. The third kappa shape index (κ3) is 4.42. The Labute approximate surface area is 126 Å². The van der Waals surface area contributed by atoms with Gasteiger partial charge in [-0.3, -0.25) is 0 Å². The van der Waals surface area contributed by atoms with Crippen LogP contribution in [0.3, 0.4) is 0 Å². The molecule has 1 aromatic rings. The molecule has 6 nitrogen and oxygen atoms in total. The van der Waals surface area contributed by atoms with Gasteiger partial charge in [-0.2, -0.15) is 0 Å². The van der Waals surface area contributed by atoms with Crippen LogP contribution in [-0.4, -0.2) is 34.4 Å². The molecule has 0 saturated carbocycles. The van der Waals surface area contributed by atoms with Crippen LogP contribution in [-0.2, 0) is 19.9 Å². The summed E-state index contributed by atoms with van der Waals surface area (Å²) in [6.45, 7) is 6.59. The average molecular weight is 335 g/mol. The maximum absolute atomic E-state index is 11.7. The van der Waals surface area contributed by atoms with Crippen LogP contribution in [0.2, 0.25) is 0 Å². The minimum Gasteiger partial charge on any atom is -0.492 e. The Morgan fingerprint density at radius 2 is 1.67 bits per heavy atom. The van der Waals surface area contributed by atoms with Crippen molar-refractivity contribution in [3.8, 4) is 5.75 Å². The molecule has 0 bridgehead atoms. The first-order valence-electron chi connectivity index (χ1n) is 6.44. The molecule has 0 spiro atoms. The van der Waals surface area contributed by atoms with Crippen LogP contribution in [0.1, 0.15) is 25.0 Å². The van der Waals surface area contributed by atoms with Gasteiger partial charge in [-0.1, -0.05) is 0 Å². The third-order valence-corrected chi connectivity index (χ3v) is 6.57. The van der Waals surface area contributed by atoms with E-state index in [1.54, 1.807) is 27.7 Å². The SMILES string of the molecule is Cc1c(OCCS(=O)(=O)C(C)C)ccc(S(N)(=O)=O)c1C. The van der Waals surface area contributed by atoms with Gasteiger partial charge in [0.2, 0.25) is 10.0 Å². The fourth-order valence-electron chi connectivity index (χ4n) is 1.74. The van der Waals surface area contributed by atoms with Gasteiger partial charge in [0.25, 0.3) is 0 Å². The van der Waals surface area contributed by atoms with E-state index in [4.69, 9.17) is 9.88 Å². The number of hydrogen-bond acceptors (Lipinski definition) is 5. The Balaban J connectivity index is 2.91. The van der Waals surface area contributed by atoms with Gasteiger partial charge >= 0.3 is 0 Å². The number of benzene rings is 1. The van der Waals surface area contributed by atoms with E-state index in [9.17, 15) is 16.8 Å². The van der Waals surface area contributed by atoms with Crippen molar-refractivity contribution in [2.45, 2.75) is 37.8 Å². The molecule has 21 heavy (non-hydrogen) atoms. The van der Waals surface area contributed by atoms with Crippen LogP contribution in [0.5, 0.6) is 5.75 Å². The summed E-state index contributed by atoms with van der Waals surface area (Å²) in [6.07, 6.45) is 0. The molecule has 0 aliphatic rings. The summed E-state index contributed by atoms with van der Waals surface area (Å²) in [5.74, 6) is 0.374. The molecule has 0 fully saturated rings. The lowest BCUT2D eigenvalue weighted by Gasteiger charge is -2.14. The van der Waals surface area contributed by atoms with Crippen LogP contribution in [0.15, 0.2) is 17.0 Å². The number of ether oxygens (including phenoxy) is 1. The number of primary sulfonamides is 1. The number of nitrogens with two attached hydrogens (primary N) is 1. The summed E-state index contributed by atoms with van der Waals surface area (Å²) in [5.41, 5.74) is 1.13. The summed E-state index contributed by atoms with van der Waals surface area (Å²) in [5, 5.41) is 4.67. The predicted octanol–water partition coefficient (Wildman–Crippen LogP) is 1.15. The quantitative estimate of drug-likeness (QED) is 0.840. The second-order valence-electron chi connectivity index (χ2n) is 5.12. The first-order chi connectivity index (χ1) is 9.47. The van der Waals surface area contributed by atoms with E-state index in [2.05, 4.69) is 0 Å². The largest absolute Gasteiger partial charge is 0.492 e. The van der Waals surface area contributed by atoms with Crippen molar-refractivity contribution >= 4 is 19.9 Å². The van der Waals surface area contributed by atoms with Gasteiger partial charge in [-0.15, -0.1) is 0 Å². The lowest BCUT2D eigenvalue weighted by Crippen LogP contribution is -2.22. The molecule has 1 rings (SSSR count). The fraction of sp³-hybridized carbons (Fsp3) is 0.538. The summed E-state index contributed by atoms with van der Waals surface area (Å²) in [4.78, 5) is 0.0437. The molecule has 1 aromatic carbocycles. The highest BCUT2D eigenvalue weighted by molar-refractivity contribution is 7.92. The van der Waals surface area contributed by atoms with E-state index in [0.29, 0.717) is 16.9 Å². The third-order valence-electron chi connectivity index (χ3n) is 3.34. The van der Waals surface area contributed by atoms with E-state index < -0.39 is 25.1 Å². The molecule has 120 valence electrons. The lowest BCUT2D eigenvalue weighted by molar-refractivity contribution is 0.337. The zero-order chi connectivity index (χ0) is 16.4. The van der Waals surface area contributed by atoms with Gasteiger partial charge in [-0.25, -0.2) is 22.0 Å². The second-order valence-corrected chi connectivity index (χ2v) is 9.33. The van der Waals surface area contributed by atoms with Gasteiger partial charge in [-0.05, 0) is 51.0 Å². The van der Waals surface area contributed by atoms with Crippen molar-refractivity contribution in [1.29, 1.82) is 0 Å². The van der Waals surface area contributed by atoms with Gasteiger partial charge in [0.05, 0.1) is 15.9 Å². The van der Waals surface area contributed by atoms with E-state index in [1.165, 1.54) is 12.1 Å². The molecule has 0 aliphatic heterocycles. The van der Waals surface area contributed by atoms with Gasteiger partial charge in [0.15, 0.2) is 9.84 Å². The first-order valence-corrected chi connectivity index (χ1v) is 9.70. The monoisotopic (exact) mass is 335 g/mol. The van der Waals surface area contributed by atoms with Gasteiger partial charge in [0.1, 0.15) is 12.4 Å². The number of sulfonamides is 1. The highest BCUT2D eigenvalue weighted by atomic mass is 32.2. The smallest absolute Gasteiger partial charge is 0.238 e. The molecular formula is C13H21NO5S2. The van der Waals surface area contributed by atoms with Crippen molar-refractivity contribution in [2.24, 2.45) is 5.14 Å². The zero-order valence-corrected chi connectivity index (χ0v) is 14.2. The summed E-state index contributed by atoms with van der Waals surface area (Å²) >= 11 is 0. The molecule has 0 heterocycles. The molecule has 2 N–H and O–H groups in total. The highest BCUT2D eigenvalue weighted by Gasteiger charge is 2.18. The van der Waals surface area contributed by atoms with Crippen molar-refractivity contribution in [1.82, 2.24) is 0 Å². The minimum absolute atomic E-state index is 0.0233. The van der Waals surface area contributed by atoms with Gasteiger partial charge < -0.3 is 4.74 Å². The predicted molar refractivity (Wildman–Crippen MR) is 81.7 cm³/mol. The van der Waals surface area contributed by atoms with E-state index >= 15 is 0 Å². The summed E-state index contributed by atoms with van der Waals surface area (Å²) in [7, 11) is -6.94. The standard InChI is InChI=1S/C13H21NO5S2/c1-9(2)20(15,16)8-7-19-12-5-6-13(21(14,17)18)11(4)10(12)3/h5-6,9H,7-8H2,1-4H3,(H2,14,17,18). The van der Waals surface area contributed by atoms with E-state index in [-0.39, 0.29) is 17.3 Å².